The highest BCUT2D eigenvalue weighted by Crippen LogP contribution is 2.23. The number of hydrogen-bond acceptors (Lipinski definition) is 2. The van der Waals surface area contributed by atoms with E-state index in [0.29, 0.717) is 0 Å². The van der Waals surface area contributed by atoms with Crippen molar-refractivity contribution in [3.63, 3.8) is 0 Å². The third kappa shape index (κ3) is 2.67. The highest BCUT2D eigenvalue weighted by atomic mass is 32.2. The summed E-state index contributed by atoms with van der Waals surface area (Å²) in [5.74, 6) is 1.48. The third-order valence-electron chi connectivity index (χ3n) is 2.64. The zero-order chi connectivity index (χ0) is 10.9. The van der Waals surface area contributed by atoms with E-state index in [-0.39, 0.29) is 11.6 Å². The van der Waals surface area contributed by atoms with Gasteiger partial charge in [0.2, 0.25) is 0 Å². The first-order valence-electron chi connectivity index (χ1n) is 5.24. The maximum atomic E-state index is 11.7. The van der Waals surface area contributed by atoms with Crippen molar-refractivity contribution in [1.29, 1.82) is 0 Å². The van der Waals surface area contributed by atoms with Gasteiger partial charge in [-0.15, -0.1) is 0 Å². The summed E-state index contributed by atoms with van der Waals surface area (Å²) >= 11 is 0. The van der Waals surface area contributed by atoms with Crippen LogP contribution in [0, 0.1) is 0 Å². The van der Waals surface area contributed by atoms with Crippen LogP contribution in [-0.4, -0.2) is 21.3 Å². The smallest absolute Gasteiger partial charge is 0.0441 e. The lowest BCUT2D eigenvalue weighted by Crippen LogP contribution is -2.52. The summed E-state index contributed by atoms with van der Waals surface area (Å²) in [6.45, 7) is 4.22. The quantitative estimate of drug-likeness (QED) is 0.787. The summed E-state index contributed by atoms with van der Waals surface area (Å²) in [5.41, 5.74) is 1.21. The molecule has 2 nitrogen and oxygen atoms in total. The van der Waals surface area contributed by atoms with Crippen LogP contribution in [0.2, 0.25) is 0 Å². The maximum absolute atomic E-state index is 11.7. The number of benzene rings is 1. The average molecular weight is 223 g/mol. The lowest BCUT2D eigenvalue weighted by atomic mass is 10.0. The van der Waals surface area contributed by atoms with Gasteiger partial charge >= 0.3 is 0 Å². The zero-order valence-corrected chi connectivity index (χ0v) is 10.0. The summed E-state index contributed by atoms with van der Waals surface area (Å²) in [6, 6.07) is 10.5. The predicted octanol–water partition coefficient (Wildman–Crippen LogP) is 1.86. The second kappa shape index (κ2) is 4.06. The van der Waals surface area contributed by atoms with Crippen LogP contribution in [0.15, 0.2) is 30.3 Å². The molecule has 1 aliphatic rings. The van der Waals surface area contributed by atoms with E-state index in [1.54, 1.807) is 0 Å². The Labute approximate surface area is 93.5 Å². The maximum Gasteiger partial charge on any atom is 0.0441 e. The van der Waals surface area contributed by atoms with Crippen LogP contribution in [-0.2, 0) is 10.8 Å². The molecule has 82 valence electrons. The fourth-order valence-electron chi connectivity index (χ4n) is 2.07. The van der Waals surface area contributed by atoms with Gasteiger partial charge in [-0.3, -0.25) is 4.21 Å². The summed E-state index contributed by atoms with van der Waals surface area (Å²) in [6.07, 6.45) is 0. The fourth-order valence-corrected chi connectivity index (χ4v) is 3.72. The molecule has 0 saturated carbocycles. The van der Waals surface area contributed by atoms with E-state index in [4.69, 9.17) is 0 Å². The van der Waals surface area contributed by atoms with E-state index in [2.05, 4.69) is 31.3 Å². The van der Waals surface area contributed by atoms with Crippen LogP contribution in [0.4, 0.5) is 0 Å². The van der Waals surface area contributed by atoms with Crippen LogP contribution in [0.25, 0.3) is 0 Å². The zero-order valence-electron chi connectivity index (χ0n) is 9.19. The van der Waals surface area contributed by atoms with Gasteiger partial charge in [0.1, 0.15) is 0 Å². The summed E-state index contributed by atoms with van der Waals surface area (Å²) in [4.78, 5) is 0. The molecule has 0 aromatic heterocycles. The van der Waals surface area contributed by atoms with Gasteiger partial charge in [0.15, 0.2) is 0 Å². The second-order valence-electron chi connectivity index (χ2n) is 4.74. The average Bonchev–Trinajstić information content (AvgIpc) is 2.16. The molecule has 1 aromatic rings. The summed E-state index contributed by atoms with van der Waals surface area (Å²) in [5, 5.41) is 3.55. The standard InChI is InChI=1S/C12H17NOS/c1-12(2)9-15(14)8-11(13-12)10-6-4-3-5-7-10/h3-7,11,13H,8-9H2,1-2H3. The minimum absolute atomic E-state index is 0.0242. The Kier molecular flexibility index (Phi) is 2.94. The normalized spacial score (nSPS) is 30.0. The van der Waals surface area contributed by atoms with Gasteiger partial charge in [0.25, 0.3) is 0 Å². The molecule has 2 unspecified atom stereocenters. The van der Waals surface area contributed by atoms with Crippen LogP contribution in [0.3, 0.4) is 0 Å². The van der Waals surface area contributed by atoms with E-state index < -0.39 is 10.8 Å². The summed E-state index contributed by atoms with van der Waals surface area (Å²) < 4.78 is 11.7. The summed E-state index contributed by atoms with van der Waals surface area (Å²) in [7, 11) is -0.703. The van der Waals surface area contributed by atoms with Gasteiger partial charge in [0.05, 0.1) is 0 Å². The molecule has 3 heteroatoms. The molecule has 1 heterocycles. The predicted molar refractivity (Wildman–Crippen MR) is 64.3 cm³/mol. The van der Waals surface area contributed by atoms with E-state index in [0.717, 1.165) is 11.5 Å². The van der Waals surface area contributed by atoms with Gasteiger partial charge < -0.3 is 5.32 Å². The van der Waals surface area contributed by atoms with Gasteiger partial charge in [-0.25, -0.2) is 0 Å². The van der Waals surface area contributed by atoms with Crippen molar-refractivity contribution >= 4 is 10.8 Å². The Morgan fingerprint density at radius 2 is 2.00 bits per heavy atom. The lowest BCUT2D eigenvalue weighted by Gasteiger charge is -2.36. The van der Waals surface area contributed by atoms with Crippen LogP contribution in [0.5, 0.6) is 0 Å². The molecule has 1 aliphatic heterocycles. The molecular formula is C12H17NOS. The van der Waals surface area contributed by atoms with Crippen molar-refractivity contribution in [3.05, 3.63) is 35.9 Å². The minimum atomic E-state index is -0.703. The van der Waals surface area contributed by atoms with Gasteiger partial charge in [0, 0.05) is 33.9 Å². The van der Waals surface area contributed by atoms with Crippen molar-refractivity contribution in [2.75, 3.05) is 11.5 Å². The molecule has 0 spiro atoms. The highest BCUT2D eigenvalue weighted by molar-refractivity contribution is 7.85. The number of nitrogens with one attached hydrogen (secondary N) is 1. The second-order valence-corrected chi connectivity index (χ2v) is 6.24. The molecule has 0 amide bonds. The van der Waals surface area contributed by atoms with E-state index in [1.165, 1.54) is 5.56 Å². The Balaban J connectivity index is 2.20. The van der Waals surface area contributed by atoms with E-state index in [1.807, 2.05) is 18.2 Å². The molecule has 1 saturated heterocycles. The van der Waals surface area contributed by atoms with Crippen molar-refractivity contribution in [3.8, 4) is 0 Å². The van der Waals surface area contributed by atoms with Crippen molar-refractivity contribution < 1.29 is 4.21 Å². The molecule has 1 fully saturated rings. The molecule has 15 heavy (non-hydrogen) atoms. The lowest BCUT2D eigenvalue weighted by molar-refractivity contribution is 0.369. The number of hydrogen-bond donors (Lipinski definition) is 1. The molecule has 1 aromatic carbocycles. The third-order valence-corrected chi connectivity index (χ3v) is 4.39. The SMILES string of the molecule is CC1(C)CS(=O)CC(c2ccccc2)N1. The highest BCUT2D eigenvalue weighted by Gasteiger charge is 2.31. The van der Waals surface area contributed by atoms with E-state index >= 15 is 0 Å². The number of rotatable bonds is 1. The Morgan fingerprint density at radius 3 is 2.60 bits per heavy atom. The largest absolute Gasteiger partial charge is 0.303 e. The van der Waals surface area contributed by atoms with Gasteiger partial charge in [-0.1, -0.05) is 30.3 Å². The van der Waals surface area contributed by atoms with Crippen LogP contribution >= 0.6 is 0 Å². The molecule has 1 N–H and O–H groups in total. The monoisotopic (exact) mass is 223 g/mol. The molecule has 0 aliphatic carbocycles. The van der Waals surface area contributed by atoms with Crippen LogP contribution < -0.4 is 5.32 Å². The molecular weight excluding hydrogens is 206 g/mol. The first-order valence-corrected chi connectivity index (χ1v) is 6.73. The van der Waals surface area contributed by atoms with Gasteiger partial charge in [-0.2, -0.15) is 0 Å². The topological polar surface area (TPSA) is 29.1 Å². The molecule has 2 atom stereocenters. The van der Waals surface area contributed by atoms with Crippen molar-refractivity contribution in [2.45, 2.75) is 25.4 Å². The minimum Gasteiger partial charge on any atom is -0.303 e. The molecule has 0 bridgehead atoms. The van der Waals surface area contributed by atoms with Crippen molar-refractivity contribution in [2.24, 2.45) is 0 Å². The molecule has 0 radical (unpaired) electrons. The first-order chi connectivity index (χ1) is 7.07. The first kappa shape index (κ1) is 10.8. The Morgan fingerprint density at radius 1 is 1.33 bits per heavy atom. The van der Waals surface area contributed by atoms with Gasteiger partial charge in [-0.05, 0) is 19.4 Å². The Hall–Kier alpha value is -0.670. The van der Waals surface area contributed by atoms with Crippen molar-refractivity contribution in [1.82, 2.24) is 5.32 Å². The Bertz CT molecular complexity index is 361. The molecule has 2 rings (SSSR count). The van der Waals surface area contributed by atoms with E-state index in [9.17, 15) is 4.21 Å². The fraction of sp³-hybridized carbons (Fsp3) is 0.500. The van der Waals surface area contributed by atoms with Crippen LogP contribution in [0.1, 0.15) is 25.5 Å².